The van der Waals surface area contributed by atoms with Crippen molar-refractivity contribution in [1.82, 2.24) is 4.90 Å². The monoisotopic (exact) mass is 466 g/mol. The molecule has 7 heteroatoms. The van der Waals surface area contributed by atoms with Gasteiger partial charge in [-0.05, 0) is 62.4 Å². The molecular weight excluding hydrogens is 432 g/mol. The summed E-state index contributed by atoms with van der Waals surface area (Å²) < 4.78 is 16.7. The second-order valence-corrected chi connectivity index (χ2v) is 8.48. The number of hydrogen-bond acceptors (Lipinski definition) is 5. The average Bonchev–Trinajstić information content (AvgIpc) is 3.34. The number of ether oxygens (including phenoxy) is 3. The maximum Gasteiger partial charge on any atom is 0.254 e. The van der Waals surface area contributed by atoms with E-state index in [0.29, 0.717) is 36.6 Å². The van der Waals surface area contributed by atoms with Crippen LogP contribution in [0.1, 0.15) is 39.9 Å². The molecule has 1 saturated heterocycles. The molecule has 1 aliphatic heterocycles. The predicted octanol–water partition coefficient (Wildman–Crippen LogP) is 4.31. The lowest BCUT2D eigenvalue weighted by Gasteiger charge is -2.26. The van der Waals surface area contributed by atoms with Crippen molar-refractivity contribution in [2.24, 2.45) is 0 Å². The molecule has 2 amide bonds. The normalized spacial score (nSPS) is 15.0. The van der Waals surface area contributed by atoms with Crippen molar-refractivity contribution in [3.05, 3.63) is 65.2 Å². The lowest BCUT2D eigenvalue weighted by molar-refractivity contribution is -0.117. The smallest absolute Gasteiger partial charge is 0.254 e. The molecule has 1 atom stereocenters. The molecule has 0 bridgehead atoms. The van der Waals surface area contributed by atoms with Gasteiger partial charge in [0.2, 0.25) is 5.91 Å². The number of nitrogens with zero attached hydrogens (tertiary/aromatic N) is 1. The molecule has 3 rings (SSSR count). The molecule has 2 aromatic carbocycles. The molecule has 2 aromatic rings. The van der Waals surface area contributed by atoms with Gasteiger partial charge in [0.1, 0.15) is 6.54 Å². The average molecular weight is 467 g/mol. The molecule has 1 aliphatic rings. The second-order valence-electron chi connectivity index (χ2n) is 8.48. The van der Waals surface area contributed by atoms with Crippen LogP contribution >= 0.6 is 0 Å². The van der Waals surface area contributed by atoms with E-state index in [2.05, 4.69) is 11.9 Å². The molecule has 0 aromatic heterocycles. The first-order valence-electron chi connectivity index (χ1n) is 11.5. The molecule has 0 spiro atoms. The first kappa shape index (κ1) is 25.3. The van der Waals surface area contributed by atoms with Crippen LogP contribution in [-0.2, 0) is 16.0 Å². The van der Waals surface area contributed by atoms with E-state index in [1.807, 2.05) is 32.0 Å². The van der Waals surface area contributed by atoms with E-state index in [1.165, 1.54) is 7.11 Å². The molecular formula is C27H34N2O5. The van der Waals surface area contributed by atoms with Crippen molar-refractivity contribution >= 4 is 17.5 Å². The fourth-order valence-electron chi connectivity index (χ4n) is 4.16. The zero-order chi connectivity index (χ0) is 24.7. The van der Waals surface area contributed by atoms with Crippen molar-refractivity contribution in [2.75, 3.05) is 39.2 Å². The largest absolute Gasteiger partial charge is 0.493 e. The molecule has 0 saturated carbocycles. The Labute approximate surface area is 201 Å². The highest BCUT2D eigenvalue weighted by molar-refractivity contribution is 6.00. The maximum absolute atomic E-state index is 13.6. The topological polar surface area (TPSA) is 77.1 Å². The van der Waals surface area contributed by atoms with E-state index in [-0.39, 0.29) is 24.5 Å². The molecule has 1 heterocycles. The molecule has 1 unspecified atom stereocenters. The van der Waals surface area contributed by atoms with Gasteiger partial charge < -0.3 is 24.4 Å². The van der Waals surface area contributed by atoms with E-state index in [0.717, 1.165) is 35.2 Å². The van der Waals surface area contributed by atoms with Crippen LogP contribution in [0.15, 0.2) is 43.0 Å². The van der Waals surface area contributed by atoms with Gasteiger partial charge in [0.15, 0.2) is 11.5 Å². The van der Waals surface area contributed by atoms with Gasteiger partial charge in [-0.2, -0.15) is 0 Å². The highest BCUT2D eigenvalue weighted by Crippen LogP contribution is 2.33. The summed E-state index contributed by atoms with van der Waals surface area (Å²) in [6, 6.07) is 9.19. The van der Waals surface area contributed by atoms with Crippen LogP contribution in [0.4, 0.5) is 5.69 Å². The lowest BCUT2D eigenvalue weighted by Crippen LogP contribution is -2.42. The van der Waals surface area contributed by atoms with Crippen LogP contribution in [0.5, 0.6) is 11.5 Å². The fourth-order valence-corrected chi connectivity index (χ4v) is 4.16. The minimum Gasteiger partial charge on any atom is -0.493 e. The Morgan fingerprint density at radius 1 is 1.24 bits per heavy atom. The van der Waals surface area contributed by atoms with Gasteiger partial charge in [-0.3, -0.25) is 9.59 Å². The highest BCUT2D eigenvalue weighted by Gasteiger charge is 2.27. The molecule has 0 aliphatic carbocycles. The third-order valence-corrected chi connectivity index (χ3v) is 6.12. The quantitative estimate of drug-likeness (QED) is 0.528. The summed E-state index contributed by atoms with van der Waals surface area (Å²) in [5, 5.41) is 2.95. The predicted molar refractivity (Wildman–Crippen MR) is 133 cm³/mol. The molecule has 34 heavy (non-hydrogen) atoms. The van der Waals surface area contributed by atoms with Gasteiger partial charge in [0.05, 0.1) is 20.3 Å². The summed E-state index contributed by atoms with van der Waals surface area (Å²) in [6.07, 6.45) is 3.97. The van der Waals surface area contributed by atoms with Gasteiger partial charge >= 0.3 is 0 Å². The van der Waals surface area contributed by atoms with Crippen LogP contribution in [0.3, 0.4) is 0 Å². The Balaban J connectivity index is 1.88. The number of anilines is 1. The summed E-state index contributed by atoms with van der Waals surface area (Å²) in [5.41, 5.74) is 4.05. The Bertz CT molecular complexity index is 1040. The number of hydrogen-bond donors (Lipinski definition) is 1. The van der Waals surface area contributed by atoms with Gasteiger partial charge in [0, 0.05) is 30.0 Å². The number of carbonyl (C=O) groups excluding carboxylic acids is 2. The third-order valence-electron chi connectivity index (χ3n) is 6.12. The molecule has 182 valence electrons. The van der Waals surface area contributed by atoms with E-state index in [1.54, 1.807) is 30.2 Å². The minimum atomic E-state index is -0.266. The van der Waals surface area contributed by atoms with E-state index >= 15 is 0 Å². The number of allylic oxidation sites excluding steroid dienone is 1. The number of amides is 2. The van der Waals surface area contributed by atoms with Crippen molar-refractivity contribution < 1.29 is 23.8 Å². The highest BCUT2D eigenvalue weighted by atomic mass is 16.5. The third kappa shape index (κ3) is 5.97. The summed E-state index contributed by atoms with van der Waals surface area (Å²) in [7, 11) is 3.10. The Morgan fingerprint density at radius 3 is 2.68 bits per heavy atom. The first-order chi connectivity index (χ1) is 16.4. The summed E-state index contributed by atoms with van der Waals surface area (Å²) >= 11 is 0. The maximum atomic E-state index is 13.6. The number of aryl methyl sites for hydroxylation is 1. The van der Waals surface area contributed by atoms with Crippen LogP contribution in [0.25, 0.3) is 0 Å². The lowest BCUT2D eigenvalue weighted by atomic mass is 10.0. The van der Waals surface area contributed by atoms with Crippen molar-refractivity contribution in [1.29, 1.82) is 0 Å². The van der Waals surface area contributed by atoms with E-state index < -0.39 is 0 Å². The van der Waals surface area contributed by atoms with Crippen LogP contribution in [0.2, 0.25) is 0 Å². The minimum absolute atomic E-state index is 0.0861. The fraction of sp³-hybridized carbons (Fsp3) is 0.407. The molecule has 1 fully saturated rings. The number of methoxy groups -OCH3 is 2. The zero-order valence-electron chi connectivity index (χ0n) is 20.5. The standard InChI is InChI=1S/C27H34N2O5/c1-6-9-20-14-21(15-24(32-4)26(20)33-5)27(31)29(16-22-11-8-13-34-22)17-25(30)28-23-12-7-10-18(2)19(23)3/h6-7,10,12,14-15,22H,1,8-9,11,13,16-17H2,2-5H3,(H,28,30). The van der Waals surface area contributed by atoms with Crippen molar-refractivity contribution in [2.45, 2.75) is 39.2 Å². The Kier molecular flexibility index (Phi) is 8.71. The Hall–Kier alpha value is -3.32. The summed E-state index contributed by atoms with van der Waals surface area (Å²) in [6.45, 7) is 8.68. The van der Waals surface area contributed by atoms with Crippen LogP contribution in [-0.4, -0.2) is 56.7 Å². The van der Waals surface area contributed by atoms with Gasteiger partial charge in [0.25, 0.3) is 5.91 Å². The van der Waals surface area contributed by atoms with Crippen molar-refractivity contribution in [3.8, 4) is 11.5 Å². The second kappa shape index (κ2) is 11.7. The first-order valence-corrected chi connectivity index (χ1v) is 11.5. The van der Waals surface area contributed by atoms with E-state index in [4.69, 9.17) is 14.2 Å². The molecule has 0 radical (unpaired) electrons. The summed E-state index contributed by atoms with van der Waals surface area (Å²) in [5.74, 6) is 0.504. The SMILES string of the molecule is C=CCc1cc(C(=O)N(CC(=O)Nc2cccc(C)c2C)CC2CCCO2)cc(OC)c1OC. The number of rotatable bonds is 10. The molecule has 7 nitrogen and oxygen atoms in total. The molecule has 1 N–H and O–H groups in total. The van der Waals surface area contributed by atoms with Gasteiger partial charge in [-0.1, -0.05) is 18.2 Å². The Morgan fingerprint density at radius 2 is 2.03 bits per heavy atom. The van der Waals surface area contributed by atoms with Crippen LogP contribution in [0, 0.1) is 13.8 Å². The van der Waals surface area contributed by atoms with Crippen LogP contribution < -0.4 is 14.8 Å². The number of carbonyl (C=O) groups is 2. The zero-order valence-corrected chi connectivity index (χ0v) is 20.5. The summed E-state index contributed by atoms with van der Waals surface area (Å²) in [4.78, 5) is 28.2. The van der Waals surface area contributed by atoms with E-state index in [9.17, 15) is 9.59 Å². The number of nitrogens with one attached hydrogen (secondary N) is 1. The number of benzene rings is 2. The van der Waals surface area contributed by atoms with Crippen molar-refractivity contribution in [3.63, 3.8) is 0 Å². The van der Waals surface area contributed by atoms with Gasteiger partial charge in [-0.15, -0.1) is 6.58 Å². The van der Waals surface area contributed by atoms with Gasteiger partial charge in [-0.25, -0.2) is 0 Å².